The van der Waals surface area contributed by atoms with Gasteiger partial charge in [0.05, 0.1) is 17.2 Å². The molecule has 102 valence electrons. The second kappa shape index (κ2) is 5.47. The molecule has 3 aromatic heterocycles. The summed E-state index contributed by atoms with van der Waals surface area (Å²) in [5, 5.41) is 16.1. The summed E-state index contributed by atoms with van der Waals surface area (Å²) in [4.78, 5) is 6.46. The first-order valence-corrected chi connectivity index (χ1v) is 9.62. The Bertz CT molecular complexity index is 757. The summed E-state index contributed by atoms with van der Waals surface area (Å²) in [7, 11) is 0. The van der Waals surface area contributed by atoms with E-state index < -0.39 is 0 Å². The van der Waals surface area contributed by atoms with Crippen molar-refractivity contribution in [2.24, 2.45) is 4.99 Å². The summed E-state index contributed by atoms with van der Waals surface area (Å²) in [5.74, 6) is 2.75. The van der Waals surface area contributed by atoms with Crippen molar-refractivity contribution in [1.82, 2.24) is 19.8 Å². The van der Waals surface area contributed by atoms with Gasteiger partial charge >= 0.3 is 0 Å². The molecule has 0 radical (unpaired) electrons. The van der Waals surface area contributed by atoms with Gasteiger partial charge in [-0.2, -0.15) is 9.61 Å². The van der Waals surface area contributed by atoms with Crippen molar-refractivity contribution in [3.05, 3.63) is 23.3 Å². The summed E-state index contributed by atoms with van der Waals surface area (Å²) < 4.78 is 3.00. The third-order valence-corrected chi connectivity index (χ3v) is 6.86. The highest BCUT2D eigenvalue weighted by Crippen LogP contribution is 2.30. The van der Waals surface area contributed by atoms with E-state index in [1.54, 1.807) is 34.4 Å². The molecule has 0 spiro atoms. The Balaban J connectivity index is 1.60. The lowest BCUT2D eigenvalue weighted by atomic mass is 10.5. The predicted molar refractivity (Wildman–Crippen MR) is 88.0 cm³/mol. The number of thioether (sulfide) groups is 2. The van der Waals surface area contributed by atoms with Crippen LogP contribution >= 0.6 is 46.2 Å². The van der Waals surface area contributed by atoms with Crippen molar-refractivity contribution >= 4 is 55.5 Å². The number of hydrogen-bond acceptors (Lipinski definition) is 8. The molecule has 0 atom stereocenters. The summed E-state index contributed by atoms with van der Waals surface area (Å²) >= 11 is 6.80. The van der Waals surface area contributed by atoms with Gasteiger partial charge in [0.25, 0.3) is 0 Å². The van der Waals surface area contributed by atoms with Gasteiger partial charge in [-0.15, -0.1) is 21.5 Å². The van der Waals surface area contributed by atoms with E-state index in [0.717, 1.165) is 38.2 Å². The van der Waals surface area contributed by atoms with Crippen LogP contribution in [0.5, 0.6) is 0 Å². The average molecular weight is 339 g/mol. The van der Waals surface area contributed by atoms with Gasteiger partial charge in [-0.25, -0.2) is 0 Å². The highest BCUT2D eigenvalue weighted by molar-refractivity contribution is 8.38. The zero-order valence-corrected chi connectivity index (χ0v) is 13.5. The topological polar surface area (TPSA) is 55.4 Å². The molecule has 0 N–H and O–H groups in total. The van der Waals surface area contributed by atoms with Crippen LogP contribution in [-0.4, -0.2) is 36.5 Å². The van der Waals surface area contributed by atoms with Crippen LogP contribution in [0, 0.1) is 0 Å². The quantitative estimate of drug-likeness (QED) is 0.733. The second-order valence-corrected chi connectivity index (χ2v) is 8.19. The largest absolute Gasteiger partial charge is 0.271 e. The number of hydrogen-bond donors (Lipinski definition) is 0. The van der Waals surface area contributed by atoms with Gasteiger partial charge in [0.1, 0.15) is 4.38 Å². The molecule has 9 heteroatoms. The van der Waals surface area contributed by atoms with Gasteiger partial charge in [-0.3, -0.25) is 4.99 Å². The van der Waals surface area contributed by atoms with Crippen LogP contribution in [0.2, 0.25) is 0 Å². The minimum Gasteiger partial charge on any atom is -0.271 e. The minimum absolute atomic E-state index is 0.764. The highest BCUT2D eigenvalue weighted by atomic mass is 32.2. The van der Waals surface area contributed by atoms with Crippen LogP contribution in [-0.2, 0) is 5.75 Å². The fourth-order valence-electron chi connectivity index (χ4n) is 1.78. The molecular weight excluding hydrogens is 330 g/mol. The maximum absolute atomic E-state index is 4.62. The van der Waals surface area contributed by atoms with E-state index in [0.29, 0.717) is 0 Å². The van der Waals surface area contributed by atoms with Crippen LogP contribution in [0.15, 0.2) is 22.5 Å². The molecule has 1 aliphatic heterocycles. The SMILES string of the molecule is c1csc(-c2nn3c(CSC4=NCCS4)nnc3s2)c1. The van der Waals surface area contributed by atoms with E-state index in [1.165, 1.54) is 4.88 Å². The molecule has 1 aliphatic rings. The lowest BCUT2D eigenvalue weighted by Crippen LogP contribution is -1.95. The third-order valence-electron chi connectivity index (χ3n) is 2.67. The number of fused-ring (bicyclic) bond motifs is 1. The molecule has 0 bridgehead atoms. The van der Waals surface area contributed by atoms with Gasteiger partial charge in [0.15, 0.2) is 10.8 Å². The number of aliphatic imine (C=N–C) groups is 1. The summed E-state index contributed by atoms with van der Waals surface area (Å²) in [6.45, 7) is 0.932. The molecule has 20 heavy (non-hydrogen) atoms. The van der Waals surface area contributed by atoms with E-state index in [1.807, 2.05) is 22.3 Å². The first-order valence-electron chi connectivity index (χ1n) is 5.95. The van der Waals surface area contributed by atoms with E-state index in [4.69, 9.17) is 0 Å². The molecule has 0 unspecified atom stereocenters. The van der Waals surface area contributed by atoms with Crippen LogP contribution in [0.25, 0.3) is 14.8 Å². The van der Waals surface area contributed by atoms with Gasteiger partial charge in [-0.1, -0.05) is 40.9 Å². The molecule has 5 nitrogen and oxygen atoms in total. The Morgan fingerprint density at radius 1 is 1.35 bits per heavy atom. The molecule has 0 aliphatic carbocycles. The van der Waals surface area contributed by atoms with Crippen LogP contribution < -0.4 is 0 Å². The maximum Gasteiger partial charge on any atom is 0.235 e. The molecule has 0 fully saturated rings. The average Bonchev–Trinajstić information content (AvgIpc) is 3.21. The zero-order valence-electron chi connectivity index (χ0n) is 10.2. The fraction of sp³-hybridized carbons (Fsp3) is 0.273. The molecular formula is C11H9N5S4. The first kappa shape index (κ1) is 12.8. The monoisotopic (exact) mass is 339 g/mol. The van der Waals surface area contributed by atoms with Crippen molar-refractivity contribution in [1.29, 1.82) is 0 Å². The first-order chi connectivity index (χ1) is 9.90. The minimum atomic E-state index is 0.764. The number of thiophene rings is 1. The smallest absolute Gasteiger partial charge is 0.235 e. The van der Waals surface area contributed by atoms with E-state index in [2.05, 4.69) is 31.7 Å². The van der Waals surface area contributed by atoms with E-state index in [-0.39, 0.29) is 0 Å². The lowest BCUT2D eigenvalue weighted by molar-refractivity contribution is 0.889. The Morgan fingerprint density at radius 2 is 2.35 bits per heavy atom. The molecule has 4 rings (SSSR count). The Hall–Kier alpha value is -0.900. The zero-order chi connectivity index (χ0) is 13.4. The van der Waals surface area contributed by atoms with Gasteiger partial charge < -0.3 is 0 Å². The fourth-order valence-corrected chi connectivity index (χ4v) is 5.34. The normalized spacial score (nSPS) is 15.1. The molecule has 4 heterocycles. The maximum atomic E-state index is 4.62. The molecule has 3 aromatic rings. The van der Waals surface area contributed by atoms with Crippen molar-refractivity contribution in [2.75, 3.05) is 12.3 Å². The summed E-state index contributed by atoms with van der Waals surface area (Å²) in [6, 6.07) is 4.11. The third kappa shape index (κ3) is 2.39. The van der Waals surface area contributed by atoms with E-state index in [9.17, 15) is 0 Å². The number of nitrogens with zero attached hydrogens (tertiary/aromatic N) is 5. The van der Waals surface area contributed by atoms with Gasteiger partial charge in [0, 0.05) is 5.75 Å². The van der Waals surface area contributed by atoms with Crippen LogP contribution in [0.4, 0.5) is 0 Å². The summed E-state index contributed by atoms with van der Waals surface area (Å²) in [5.41, 5.74) is 0. The standard InChI is InChI=1S/C11H9N5S4/c1-2-7(17-4-1)9-15-16-8(13-14-10(16)20-9)6-19-11-12-3-5-18-11/h1-2,4H,3,5-6H2. The van der Waals surface area contributed by atoms with Crippen LogP contribution in [0.3, 0.4) is 0 Å². The predicted octanol–water partition coefficient (Wildman–Crippen LogP) is 3.25. The van der Waals surface area contributed by atoms with Gasteiger partial charge in [0.2, 0.25) is 4.96 Å². The Kier molecular flexibility index (Phi) is 3.51. The lowest BCUT2D eigenvalue weighted by Gasteiger charge is -1.96. The molecule has 0 amide bonds. The Labute approximate surface area is 131 Å². The summed E-state index contributed by atoms with van der Waals surface area (Å²) in [6.07, 6.45) is 0. The van der Waals surface area contributed by atoms with Crippen molar-refractivity contribution in [3.63, 3.8) is 0 Å². The van der Waals surface area contributed by atoms with E-state index >= 15 is 0 Å². The molecule has 0 aromatic carbocycles. The molecule has 0 saturated heterocycles. The Morgan fingerprint density at radius 3 is 3.15 bits per heavy atom. The second-order valence-electron chi connectivity index (χ2n) is 3.98. The highest BCUT2D eigenvalue weighted by Gasteiger charge is 2.15. The van der Waals surface area contributed by atoms with Gasteiger partial charge in [-0.05, 0) is 11.4 Å². The number of rotatable bonds is 3. The van der Waals surface area contributed by atoms with Crippen molar-refractivity contribution in [2.45, 2.75) is 5.75 Å². The van der Waals surface area contributed by atoms with Crippen LogP contribution in [0.1, 0.15) is 5.82 Å². The van der Waals surface area contributed by atoms with Crippen molar-refractivity contribution < 1.29 is 0 Å². The number of aromatic nitrogens is 4. The molecule has 0 saturated carbocycles. The van der Waals surface area contributed by atoms with Crippen molar-refractivity contribution in [3.8, 4) is 9.88 Å².